The van der Waals surface area contributed by atoms with Gasteiger partial charge in [0.15, 0.2) is 0 Å². The van der Waals surface area contributed by atoms with E-state index in [0.717, 1.165) is 12.3 Å². The molecule has 2 aromatic carbocycles. The predicted molar refractivity (Wildman–Crippen MR) is 137 cm³/mol. The van der Waals surface area contributed by atoms with E-state index < -0.39 is 0 Å². The molecule has 174 valence electrons. The molecule has 32 heavy (non-hydrogen) atoms. The van der Waals surface area contributed by atoms with Gasteiger partial charge in [0, 0.05) is 18.6 Å². The molecular weight excluding hydrogens is 388 g/mol. The van der Waals surface area contributed by atoms with E-state index in [-0.39, 0.29) is 0 Å². The molecule has 1 saturated heterocycles. The van der Waals surface area contributed by atoms with Gasteiger partial charge in [-0.2, -0.15) is 0 Å². The van der Waals surface area contributed by atoms with E-state index in [1.54, 1.807) is 0 Å². The van der Waals surface area contributed by atoms with Crippen molar-refractivity contribution in [3.8, 4) is 0 Å². The molecule has 0 spiro atoms. The minimum absolute atomic E-state index is 0.556. The Morgan fingerprint density at radius 3 is 1.84 bits per heavy atom. The lowest BCUT2D eigenvalue weighted by Crippen LogP contribution is -2.51. The average Bonchev–Trinajstić information content (AvgIpc) is 3.02. The van der Waals surface area contributed by atoms with Gasteiger partial charge in [0.05, 0.1) is 0 Å². The largest absolute Gasteiger partial charge is 0.252 e. The lowest BCUT2D eigenvalue weighted by molar-refractivity contribution is 0.0805. The molecule has 2 heteroatoms. The molecule has 1 heterocycles. The van der Waals surface area contributed by atoms with E-state index in [4.69, 9.17) is 0 Å². The van der Waals surface area contributed by atoms with E-state index in [2.05, 4.69) is 71.1 Å². The minimum atomic E-state index is 0.556. The number of hydrogen-bond donors (Lipinski definition) is 1. The van der Waals surface area contributed by atoms with Crippen LogP contribution in [0, 0.1) is 5.92 Å². The van der Waals surface area contributed by atoms with Crippen molar-refractivity contribution >= 4 is 0 Å². The van der Waals surface area contributed by atoms with Crippen LogP contribution in [0.2, 0.25) is 0 Å². The van der Waals surface area contributed by atoms with Gasteiger partial charge in [0.2, 0.25) is 0 Å². The zero-order valence-corrected chi connectivity index (χ0v) is 20.1. The third-order valence-corrected chi connectivity index (χ3v) is 7.75. The van der Waals surface area contributed by atoms with Gasteiger partial charge in [-0.25, -0.2) is 5.01 Å². The highest BCUT2D eigenvalue weighted by atomic mass is 15.5. The third kappa shape index (κ3) is 7.74. The van der Waals surface area contributed by atoms with E-state index in [1.165, 1.54) is 101 Å². The van der Waals surface area contributed by atoms with Crippen LogP contribution in [0.4, 0.5) is 0 Å². The second-order valence-corrected chi connectivity index (χ2v) is 10.3. The van der Waals surface area contributed by atoms with Crippen LogP contribution in [-0.4, -0.2) is 23.6 Å². The van der Waals surface area contributed by atoms with Crippen LogP contribution >= 0.6 is 0 Å². The first-order chi connectivity index (χ1) is 15.9. The Labute approximate surface area is 196 Å². The Morgan fingerprint density at radius 2 is 1.19 bits per heavy atom. The van der Waals surface area contributed by atoms with E-state index in [1.807, 2.05) is 0 Å². The highest BCUT2D eigenvalue weighted by Crippen LogP contribution is 2.26. The lowest BCUT2D eigenvalue weighted by Gasteiger charge is -2.36. The van der Waals surface area contributed by atoms with Crippen LogP contribution in [0.25, 0.3) is 0 Å². The van der Waals surface area contributed by atoms with Crippen molar-refractivity contribution in [2.45, 2.75) is 102 Å². The summed E-state index contributed by atoms with van der Waals surface area (Å²) in [4.78, 5) is 0. The minimum Gasteiger partial charge on any atom is -0.252 e. The van der Waals surface area contributed by atoms with Gasteiger partial charge in [-0.3, -0.25) is 5.43 Å². The molecule has 0 aromatic heterocycles. The second kappa shape index (κ2) is 13.2. The van der Waals surface area contributed by atoms with Gasteiger partial charge in [-0.15, -0.1) is 0 Å². The number of nitrogens with zero attached hydrogens (tertiary/aromatic N) is 1. The first-order valence-corrected chi connectivity index (χ1v) is 13.5. The fourth-order valence-electron chi connectivity index (χ4n) is 5.89. The molecule has 2 unspecified atom stereocenters. The molecule has 1 saturated carbocycles. The summed E-state index contributed by atoms with van der Waals surface area (Å²) in [6, 6.07) is 23.6. The zero-order chi connectivity index (χ0) is 21.8. The monoisotopic (exact) mass is 432 g/mol. The number of hydrazine groups is 1. The topological polar surface area (TPSA) is 15.3 Å². The van der Waals surface area contributed by atoms with E-state index >= 15 is 0 Å². The highest BCUT2D eigenvalue weighted by Gasteiger charge is 2.25. The van der Waals surface area contributed by atoms with Crippen LogP contribution in [0.5, 0.6) is 0 Å². The molecular formula is C30H44N2. The highest BCUT2D eigenvalue weighted by molar-refractivity contribution is 5.16. The smallest absolute Gasteiger partial charge is 0.0255 e. The number of hydrogen-bond acceptors (Lipinski definition) is 2. The van der Waals surface area contributed by atoms with Crippen molar-refractivity contribution in [3.05, 3.63) is 71.8 Å². The average molecular weight is 433 g/mol. The van der Waals surface area contributed by atoms with E-state index in [9.17, 15) is 0 Å². The van der Waals surface area contributed by atoms with Crippen molar-refractivity contribution in [1.29, 1.82) is 0 Å². The van der Waals surface area contributed by atoms with Crippen LogP contribution in [0.3, 0.4) is 0 Å². The molecule has 2 aliphatic rings. The lowest BCUT2D eigenvalue weighted by atomic mass is 9.90. The summed E-state index contributed by atoms with van der Waals surface area (Å²) < 4.78 is 0. The molecule has 1 aliphatic heterocycles. The molecule has 0 bridgehead atoms. The molecule has 1 N–H and O–H groups in total. The van der Waals surface area contributed by atoms with Gasteiger partial charge >= 0.3 is 0 Å². The van der Waals surface area contributed by atoms with Crippen LogP contribution in [-0.2, 0) is 12.8 Å². The Balaban J connectivity index is 1.46. The molecule has 4 rings (SSSR count). The fourth-order valence-corrected chi connectivity index (χ4v) is 5.89. The Kier molecular flexibility index (Phi) is 9.67. The molecule has 2 fully saturated rings. The Hall–Kier alpha value is -1.64. The predicted octanol–water partition coefficient (Wildman–Crippen LogP) is 7.34. The molecule has 2 nitrogen and oxygen atoms in total. The molecule has 1 aliphatic carbocycles. The van der Waals surface area contributed by atoms with Crippen LogP contribution < -0.4 is 5.43 Å². The number of benzene rings is 2. The van der Waals surface area contributed by atoms with Gasteiger partial charge in [0.1, 0.15) is 0 Å². The third-order valence-electron chi connectivity index (χ3n) is 7.75. The first-order valence-electron chi connectivity index (χ1n) is 13.5. The summed E-state index contributed by atoms with van der Waals surface area (Å²) in [6.45, 7) is 1.20. The SMILES string of the molecule is c1ccc(CC2CCCC(Cc3ccccc3)NN(C3CCCCCCCC3)CC2)cc1. The molecule has 0 radical (unpaired) electrons. The molecule has 2 atom stereocenters. The quantitative estimate of drug-likeness (QED) is 0.531. The van der Waals surface area contributed by atoms with Gasteiger partial charge < -0.3 is 0 Å². The standard InChI is InChI=1S/C30H44N2/c1-2-4-12-21-30(20-11-3-1)32-23-22-28(24-26-14-7-5-8-15-26)18-13-19-29(31-32)25-27-16-9-6-10-17-27/h5-10,14-17,28-31H,1-4,11-13,18-25H2. The first kappa shape index (κ1) is 23.5. The summed E-state index contributed by atoms with van der Waals surface area (Å²) in [5.74, 6) is 0.800. The summed E-state index contributed by atoms with van der Waals surface area (Å²) in [6.07, 6.45) is 19.0. The summed E-state index contributed by atoms with van der Waals surface area (Å²) in [5.41, 5.74) is 7.09. The van der Waals surface area contributed by atoms with Crippen molar-refractivity contribution in [3.63, 3.8) is 0 Å². The fraction of sp³-hybridized carbons (Fsp3) is 0.600. The van der Waals surface area contributed by atoms with Crippen LogP contribution in [0.15, 0.2) is 60.7 Å². The normalized spacial score (nSPS) is 25.0. The Morgan fingerprint density at radius 1 is 0.594 bits per heavy atom. The van der Waals surface area contributed by atoms with Crippen molar-refractivity contribution in [1.82, 2.24) is 10.4 Å². The van der Waals surface area contributed by atoms with Gasteiger partial charge in [0.25, 0.3) is 0 Å². The Bertz CT molecular complexity index is 734. The second-order valence-electron chi connectivity index (χ2n) is 10.3. The van der Waals surface area contributed by atoms with Crippen molar-refractivity contribution in [2.75, 3.05) is 6.54 Å². The summed E-state index contributed by atoms with van der Waals surface area (Å²) >= 11 is 0. The number of rotatable bonds is 5. The maximum Gasteiger partial charge on any atom is 0.0255 e. The summed E-state index contributed by atoms with van der Waals surface area (Å²) in [5, 5.41) is 2.72. The van der Waals surface area contributed by atoms with Crippen molar-refractivity contribution < 1.29 is 0 Å². The van der Waals surface area contributed by atoms with E-state index in [0.29, 0.717) is 12.1 Å². The maximum atomic E-state index is 4.10. The van der Waals surface area contributed by atoms with Crippen LogP contribution in [0.1, 0.15) is 88.2 Å². The summed E-state index contributed by atoms with van der Waals surface area (Å²) in [7, 11) is 0. The molecule has 2 aromatic rings. The number of nitrogens with one attached hydrogen (secondary N) is 1. The zero-order valence-electron chi connectivity index (χ0n) is 20.1. The van der Waals surface area contributed by atoms with Gasteiger partial charge in [-0.05, 0) is 55.6 Å². The van der Waals surface area contributed by atoms with Crippen molar-refractivity contribution in [2.24, 2.45) is 5.92 Å². The molecule has 0 amide bonds. The van der Waals surface area contributed by atoms with Gasteiger partial charge in [-0.1, -0.05) is 112 Å². The maximum absolute atomic E-state index is 4.10.